The molecule has 0 amide bonds. The third-order valence-electron chi connectivity index (χ3n) is 7.14. The molecule has 0 atom stereocenters. The predicted molar refractivity (Wildman–Crippen MR) is 126 cm³/mol. The summed E-state index contributed by atoms with van der Waals surface area (Å²) in [5.41, 5.74) is 3.95. The van der Waals surface area contributed by atoms with E-state index in [1.165, 1.54) is 47.8 Å². The maximum Gasteiger partial charge on any atom is 0.199 e. The lowest BCUT2D eigenvalue weighted by Crippen LogP contribution is -2.33. The monoisotopic (exact) mass is 418 g/mol. The zero-order valence-corrected chi connectivity index (χ0v) is 18.8. The molecule has 2 heterocycles. The fourth-order valence-electron chi connectivity index (χ4n) is 5.22. The number of ether oxygens (including phenoxy) is 1. The van der Waals surface area contributed by atoms with E-state index in [2.05, 4.69) is 52.9 Å². The molecule has 1 aliphatic carbocycles. The van der Waals surface area contributed by atoms with E-state index in [1.807, 2.05) is 6.07 Å². The highest BCUT2D eigenvalue weighted by molar-refractivity contribution is 5.91. The Morgan fingerprint density at radius 2 is 1.81 bits per heavy atom. The lowest BCUT2D eigenvalue weighted by atomic mass is 9.89. The minimum absolute atomic E-state index is 0.455. The van der Waals surface area contributed by atoms with E-state index < -0.39 is 0 Å². The van der Waals surface area contributed by atoms with Gasteiger partial charge in [-0.2, -0.15) is 0 Å². The Morgan fingerprint density at radius 1 is 1.00 bits per heavy atom. The van der Waals surface area contributed by atoms with Crippen molar-refractivity contribution in [1.29, 1.82) is 0 Å². The number of hydrogen-bond donors (Lipinski definition) is 1. The fourth-order valence-corrected chi connectivity index (χ4v) is 5.22. The Labute approximate surface area is 185 Å². The number of likely N-dealkylation sites (tertiary alicyclic amines) is 1. The second-order valence-electron chi connectivity index (χ2n) is 9.70. The summed E-state index contributed by atoms with van der Waals surface area (Å²) in [5.74, 6) is 2.89. The zero-order chi connectivity index (χ0) is 21.4. The molecule has 2 aromatic carbocycles. The highest BCUT2D eigenvalue weighted by Gasteiger charge is 2.24. The summed E-state index contributed by atoms with van der Waals surface area (Å²) >= 11 is 0. The molecule has 4 nitrogen and oxygen atoms in total. The molecule has 164 valence electrons. The lowest BCUT2D eigenvalue weighted by Gasteiger charge is -2.32. The van der Waals surface area contributed by atoms with Gasteiger partial charge in [0.05, 0.1) is 7.11 Å². The number of methoxy groups -OCH3 is 1. The molecule has 0 bridgehead atoms. The number of rotatable bonds is 7. The van der Waals surface area contributed by atoms with Gasteiger partial charge in [-0.1, -0.05) is 18.2 Å². The van der Waals surface area contributed by atoms with E-state index in [9.17, 15) is 5.11 Å². The van der Waals surface area contributed by atoms with Gasteiger partial charge in [-0.3, -0.25) is 4.90 Å². The van der Waals surface area contributed by atoms with Crippen molar-refractivity contribution >= 4 is 10.8 Å². The van der Waals surface area contributed by atoms with Gasteiger partial charge in [-0.15, -0.1) is 0 Å². The van der Waals surface area contributed by atoms with Crippen molar-refractivity contribution in [3.8, 4) is 11.6 Å². The standard InChI is InChI=1S/C27H34N2O2/c1-19-12-23(14-24-18-29(17-21-6-7-21)27(30)26(19)24)13-20-8-10-28(11-9-20)16-22-4-3-5-25(15-22)31-2/h3-5,12,14-15,18,20-21,30H,6-11,13,16-17H2,1-2H3. The number of nitrogens with zero attached hydrogens (tertiary/aromatic N) is 2. The molecule has 0 spiro atoms. The predicted octanol–water partition coefficient (Wildman–Crippen LogP) is 5.53. The SMILES string of the molecule is COc1cccc(CN2CCC(Cc3cc(C)c4c(O)n(CC5CC5)cc4c3)CC2)c1. The summed E-state index contributed by atoms with van der Waals surface area (Å²) in [7, 11) is 1.73. The molecule has 1 aromatic heterocycles. The molecule has 2 fully saturated rings. The number of fused-ring (bicyclic) bond motifs is 1. The number of hydrogen-bond acceptors (Lipinski definition) is 3. The zero-order valence-electron chi connectivity index (χ0n) is 18.8. The van der Waals surface area contributed by atoms with Crippen LogP contribution in [0.2, 0.25) is 0 Å². The van der Waals surface area contributed by atoms with Crippen LogP contribution < -0.4 is 4.74 Å². The van der Waals surface area contributed by atoms with Crippen molar-refractivity contribution in [1.82, 2.24) is 9.47 Å². The number of benzene rings is 2. The first-order valence-corrected chi connectivity index (χ1v) is 11.8. The topological polar surface area (TPSA) is 37.6 Å². The average molecular weight is 419 g/mol. The van der Waals surface area contributed by atoms with Crippen molar-refractivity contribution in [2.75, 3.05) is 20.2 Å². The Bertz CT molecular complexity index is 1060. The molecule has 1 aliphatic heterocycles. The van der Waals surface area contributed by atoms with Crippen LogP contribution in [-0.4, -0.2) is 34.8 Å². The Balaban J connectivity index is 1.21. The van der Waals surface area contributed by atoms with Gasteiger partial charge in [0.1, 0.15) is 5.75 Å². The van der Waals surface area contributed by atoms with Gasteiger partial charge in [0.2, 0.25) is 0 Å². The number of aryl methyl sites for hydroxylation is 1. The van der Waals surface area contributed by atoms with Crippen molar-refractivity contribution in [2.45, 2.75) is 52.1 Å². The first-order valence-electron chi connectivity index (χ1n) is 11.8. The van der Waals surface area contributed by atoms with Crippen molar-refractivity contribution in [3.63, 3.8) is 0 Å². The largest absolute Gasteiger partial charge is 0.497 e. The summed E-state index contributed by atoms with van der Waals surface area (Å²) in [6, 6.07) is 13.0. The maximum atomic E-state index is 10.7. The summed E-state index contributed by atoms with van der Waals surface area (Å²) in [6.45, 7) is 6.41. The van der Waals surface area contributed by atoms with E-state index in [0.717, 1.165) is 55.6 Å². The van der Waals surface area contributed by atoms with E-state index in [0.29, 0.717) is 5.88 Å². The third-order valence-corrected chi connectivity index (χ3v) is 7.14. The van der Waals surface area contributed by atoms with Crippen LogP contribution in [0.1, 0.15) is 42.4 Å². The van der Waals surface area contributed by atoms with Gasteiger partial charge in [-0.05, 0) is 98.8 Å². The molecule has 0 radical (unpaired) electrons. The molecular formula is C27H34N2O2. The second-order valence-corrected chi connectivity index (χ2v) is 9.70. The Hall–Kier alpha value is -2.46. The van der Waals surface area contributed by atoms with Gasteiger partial charge >= 0.3 is 0 Å². The van der Waals surface area contributed by atoms with E-state index >= 15 is 0 Å². The maximum absolute atomic E-state index is 10.7. The van der Waals surface area contributed by atoms with Crippen LogP contribution in [0.3, 0.4) is 0 Å². The number of aromatic hydroxyl groups is 1. The smallest absolute Gasteiger partial charge is 0.199 e. The summed E-state index contributed by atoms with van der Waals surface area (Å²) < 4.78 is 7.43. The van der Waals surface area contributed by atoms with Crippen molar-refractivity contribution in [2.24, 2.45) is 11.8 Å². The van der Waals surface area contributed by atoms with Gasteiger partial charge < -0.3 is 14.4 Å². The Kier molecular flexibility index (Phi) is 5.66. The molecule has 5 rings (SSSR count). The summed E-state index contributed by atoms with van der Waals surface area (Å²) in [4.78, 5) is 2.57. The van der Waals surface area contributed by atoms with Crippen LogP contribution in [0.25, 0.3) is 10.8 Å². The van der Waals surface area contributed by atoms with Crippen LogP contribution in [0.4, 0.5) is 0 Å². The number of piperidine rings is 1. The first-order chi connectivity index (χ1) is 15.1. The number of aromatic nitrogens is 1. The van der Waals surface area contributed by atoms with Crippen molar-refractivity contribution < 1.29 is 9.84 Å². The van der Waals surface area contributed by atoms with Crippen LogP contribution in [0.5, 0.6) is 11.6 Å². The molecular weight excluding hydrogens is 384 g/mol. The molecule has 1 N–H and O–H groups in total. The highest BCUT2D eigenvalue weighted by Crippen LogP contribution is 2.37. The lowest BCUT2D eigenvalue weighted by molar-refractivity contribution is 0.177. The fraction of sp³-hybridized carbons (Fsp3) is 0.481. The van der Waals surface area contributed by atoms with E-state index in [4.69, 9.17) is 4.74 Å². The molecule has 1 saturated heterocycles. The van der Waals surface area contributed by atoms with Crippen LogP contribution in [0.15, 0.2) is 42.6 Å². The molecule has 31 heavy (non-hydrogen) atoms. The Morgan fingerprint density at radius 3 is 2.55 bits per heavy atom. The van der Waals surface area contributed by atoms with Crippen LogP contribution in [-0.2, 0) is 19.5 Å². The van der Waals surface area contributed by atoms with E-state index in [-0.39, 0.29) is 0 Å². The minimum atomic E-state index is 0.455. The first kappa shape index (κ1) is 20.4. The van der Waals surface area contributed by atoms with Gasteiger partial charge in [0.25, 0.3) is 0 Å². The quantitative estimate of drug-likeness (QED) is 0.548. The molecule has 4 heteroatoms. The second kappa shape index (κ2) is 8.58. The minimum Gasteiger partial charge on any atom is -0.497 e. The third kappa shape index (κ3) is 4.59. The molecule has 2 aliphatic rings. The molecule has 0 unspecified atom stereocenters. The van der Waals surface area contributed by atoms with Crippen molar-refractivity contribution in [3.05, 3.63) is 59.3 Å². The van der Waals surface area contributed by atoms with E-state index in [1.54, 1.807) is 7.11 Å². The van der Waals surface area contributed by atoms with Gasteiger partial charge in [-0.25, -0.2) is 0 Å². The summed E-state index contributed by atoms with van der Waals surface area (Å²) in [5, 5.41) is 12.9. The summed E-state index contributed by atoms with van der Waals surface area (Å²) in [6.07, 6.45) is 8.39. The molecule has 3 aromatic rings. The van der Waals surface area contributed by atoms with Crippen LogP contribution in [0, 0.1) is 18.8 Å². The average Bonchev–Trinajstić information content (AvgIpc) is 3.52. The highest BCUT2D eigenvalue weighted by atomic mass is 16.5. The van der Waals surface area contributed by atoms with Gasteiger partial charge in [0, 0.05) is 30.1 Å². The normalized spacial score (nSPS) is 18.0. The van der Waals surface area contributed by atoms with Crippen LogP contribution >= 0.6 is 0 Å². The van der Waals surface area contributed by atoms with Gasteiger partial charge in [0.15, 0.2) is 5.88 Å². The molecule has 1 saturated carbocycles.